The lowest BCUT2D eigenvalue weighted by Gasteiger charge is -2.11. The molecule has 0 aromatic carbocycles. The van der Waals surface area contributed by atoms with Gasteiger partial charge in [0, 0.05) is 5.69 Å². The van der Waals surface area contributed by atoms with Crippen molar-refractivity contribution in [1.29, 1.82) is 0 Å². The number of carbonyl (C=O) groups excluding carboxylic acids is 1. The van der Waals surface area contributed by atoms with Gasteiger partial charge >= 0.3 is 0 Å². The molecule has 1 amide bonds. The van der Waals surface area contributed by atoms with Gasteiger partial charge in [0.1, 0.15) is 0 Å². The van der Waals surface area contributed by atoms with Crippen molar-refractivity contribution in [2.24, 2.45) is 5.73 Å². The van der Waals surface area contributed by atoms with E-state index in [4.69, 9.17) is 5.73 Å². The first-order chi connectivity index (χ1) is 7.04. The van der Waals surface area contributed by atoms with Crippen LogP contribution in [0.25, 0.3) is 0 Å². The molecule has 3 N–H and O–H groups in total. The summed E-state index contributed by atoms with van der Waals surface area (Å²) in [6.07, 6.45) is 0.629. The van der Waals surface area contributed by atoms with Crippen molar-refractivity contribution >= 4 is 11.6 Å². The summed E-state index contributed by atoms with van der Waals surface area (Å²) in [5.41, 5.74) is 8.09. The zero-order valence-corrected chi connectivity index (χ0v) is 9.37. The number of carbonyl (C=O) groups is 1. The molecule has 1 heterocycles. The lowest BCUT2D eigenvalue weighted by atomic mass is 10.2. The van der Waals surface area contributed by atoms with E-state index in [9.17, 15) is 4.79 Å². The number of nitrogens with two attached hydrogens (primary N) is 1. The minimum Gasteiger partial charge on any atom is -0.323 e. The van der Waals surface area contributed by atoms with Crippen LogP contribution < -0.4 is 11.1 Å². The van der Waals surface area contributed by atoms with Crippen LogP contribution in [0.5, 0.6) is 0 Å². The molecule has 0 saturated carbocycles. The summed E-state index contributed by atoms with van der Waals surface area (Å²) in [6.45, 7) is 5.65. The molecule has 0 radical (unpaired) electrons. The number of aromatic nitrogens is 1. The average Bonchev–Trinajstić information content (AvgIpc) is 2.20. The fourth-order valence-corrected chi connectivity index (χ4v) is 1.23. The number of anilines is 1. The SMILES string of the molecule is CCC(N)C(=O)Nc1ccc(C)nc1C. The fourth-order valence-electron chi connectivity index (χ4n) is 1.23. The quantitative estimate of drug-likeness (QED) is 0.786. The Morgan fingerprint density at radius 2 is 2.20 bits per heavy atom. The van der Waals surface area contributed by atoms with Gasteiger partial charge in [-0.15, -0.1) is 0 Å². The van der Waals surface area contributed by atoms with E-state index >= 15 is 0 Å². The molecule has 4 heteroatoms. The molecule has 0 fully saturated rings. The Hall–Kier alpha value is -1.42. The largest absolute Gasteiger partial charge is 0.323 e. The zero-order chi connectivity index (χ0) is 11.4. The van der Waals surface area contributed by atoms with E-state index in [-0.39, 0.29) is 5.91 Å². The lowest BCUT2D eigenvalue weighted by Crippen LogP contribution is -2.35. The second-order valence-corrected chi connectivity index (χ2v) is 3.59. The van der Waals surface area contributed by atoms with Crippen LogP contribution in [-0.2, 0) is 4.79 Å². The van der Waals surface area contributed by atoms with Crippen LogP contribution in [0, 0.1) is 13.8 Å². The predicted molar refractivity (Wildman–Crippen MR) is 60.6 cm³/mol. The van der Waals surface area contributed by atoms with Gasteiger partial charge in [0.25, 0.3) is 0 Å². The number of pyridine rings is 1. The van der Waals surface area contributed by atoms with Gasteiger partial charge in [-0.05, 0) is 32.4 Å². The summed E-state index contributed by atoms with van der Waals surface area (Å²) in [5.74, 6) is -0.161. The number of amides is 1. The first-order valence-electron chi connectivity index (χ1n) is 5.05. The second-order valence-electron chi connectivity index (χ2n) is 3.59. The summed E-state index contributed by atoms with van der Waals surface area (Å²) < 4.78 is 0. The third kappa shape index (κ3) is 3.02. The van der Waals surface area contributed by atoms with Gasteiger partial charge in [-0.3, -0.25) is 9.78 Å². The highest BCUT2D eigenvalue weighted by Gasteiger charge is 2.12. The molecule has 1 unspecified atom stereocenters. The molecule has 1 aromatic rings. The summed E-state index contributed by atoms with van der Waals surface area (Å²) in [7, 11) is 0. The van der Waals surface area contributed by atoms with Crippen molar-refractivity contribution in [3.63, 3.8) is 0 Å². The Kier molecular flexibility index (Phi) is 3.80. The van der Waals surface area contributed by atoms with Crippen LogP contribution in [-0.4, -0.2) is 16.9 Å². The van der Waals surface area contributed by atoms with E-state index in [1.165, 1.54) is 0 Å². The van der Waals surface area contributed by atoms with Crippen LogP contribution in [0.2, 0.25) is 0 Å². The Bertz CT molecular complexity index is 363. The molecule has 1 atom stereocenters. The molecular weight excluding hydrogens is 190 g/mol. The van der Waals surface area contributed by atoms with Gasteiger partial charge in [-0.25, -0.2) is 0 Å². The average molecular weight is 207 g/mol. The molecule has 4 nitrogen and oxygen atoms in total. The summed E-state index contributed by atoms with van der Waals surface area (Å²) in [5, 5.41) is 2.76. The van der Waals surface area contributed by atoms with Gasteiger partial charge in [-0.2, -0.15) is 0 Å². The first-order valence-corrected chi connectivity index (χ1v) is 5.05. The van der Waals surface area contributed by atoms with Crippen molar-refractivity contribution in [1.82, 2.24) is 4.98 Å². The third-order valence-corrected chi connectivity index (χ3v) is 2.26. The highest BCUT2D eigenvalue weighted by Crippen LogP contribution is 2.12. The number of hydrogen-bond donors (Lipinski definition) is 2. The standard InChI is InChI=1S/C11H17N3O/c1-4-9(12)11(15)14-10-6-5-7(2)13-8(10)3/h5-6,9H,4,12H2,1-3H3,(H,14,15). The minimum atomic E-state index is -0.453. The number of hydrogen-bond acceptors (Lipinski definition) is 3. The molecule has 1 rings (SSSR count). The highest BCUT2D eigenvalue weighted by atomic mass is 16.2. The van der Waals surface area contributed by atoms with E-state index in [1.54, 1.807) is 0 Å². The van der Waals surface area contributed by atoms with E-state index in [0.717, 1.165) is 17.1 Å². The molecular formula is C11H17N3O. The van der Waals surface area contributed by atoms with E-state index < -0.39 is 6.04 Å². The molecule has 15 heavy (non-hydrogen) atoms. The zero-order valence-electron chi connectivity index (χ0n) is 9.37. The fraction of sp³-hybridized carbons (Fsp3) is 0.455. The molecule has 0 saturated heterocycles. The Labute approximate surface area is 89.9 Å². The van der Waals surface area contributed by atoms with Gasteiger partial charge in [0.05, 0.1) is 17.4 Å². The Balaban J connectivity index is 2.77. The topological polar surface area (TPSA) is 68.0 Å². The van der Waals surface area contributed by atoms with Crippen LogP contribution >= 0.6 is 0 Å². The molecule has 0 spiro atoms. The van der Waals surface area contributed by atoms with Crippen molar-refractivity contribution in [3.05, 3.63) is 23.5 Å². The van der Waals surface area contributed by atoms with Gasteiger partial charge in [0.2, 0.25) is 5.91 Å². The number of aryl methyl sites for hydroxylation is 2. The van der Waals surface area contributed by atoms with E-state index in [2.05, 4.69) is 10.3 Å². The summed E-state index contributed by atoms with van der Waals surface area (Å²) in [4.78, 5) is 15.8. The maximum Gasteiger partial charge on any atom is 0.241 e. The normalized spacial score (nSPS) is 12.3. The first kappa shape index (κ1) is 11.7. The molecule has 1 aromatic heterocycles. The van der Waals surface area contributed by atoms with Crippen LogP contribution in [0.3, 0.4) is 0 Å². The van der Waals surface area contributed by atoms with Crippen LogP contribution in [0.15, 0.2) is 12.1 Å². The van der Waals surface area contributed by atoms with Crippen molar-refractivity contribution < 1.29 is 4.79 Å². The van der Waals surface area contributed by atoms with Gasteiger partial charge in [-0.1, -0.05) is 6.92 Å². The highest BCUT2D eigenvalue weighted by molar-refractivity contribution is 5.95. The minimum absolute atomic E-state index is 0.161. The molecule has 0 aliphatic rings. The van der Waals surface area contributed by atoms with Gasteiger partial charge < -0.3 is 11.1 Å². The second kappa shape index (κ2) is 4.89. The van der Waals surface area contributed by atoms with Crippen molar-refractivity contribution in [2.45, 2.75) is 33.2 Å². The molecule has 0 bridgehead atoms. The van der Waals surface area contributed by atoms with Crippen molar-refractivity contribution in [3.8, 4) is 0 Å². The maximum absolute atomic E-state index is 11.5. The van der Waals surface area contributed by atoms with Crippen LogP contribution in [0.1, 0.15) is 24.7 Å². The number of nitrogens with zero attached hydrogens (tertiary/aromatic N) is 1. The molecule has 0 aliphatic carbocycles. The summed E-state index contributed by atoms with van der Waals surface area (Å²) >= 11 is 0. The number of nitrogens with one attached hydrogen (secondary N) is 1. The molecule has 82 valence electrons. The Morgan fingerprint density at radius 1 is 1.53 bits per heavy atom. The van der Waals surface area contributed by atoms with Crippen LogP contribution in [0.4, 0.5) is 5.69 Å². The van der Waals surface area contributed by atoms with E-state index in [0.29, 0.717) is 6.42 Å². The smallest absolute Gasteiger partial charge is 0.241 e. The van der Waals surface area contributed by atoms with E-state index in [1.807, 2.05) is 32.9 Å². The van der Waals surface area contributed by atoms with Gasteiger partial charge in [0.15, 0.2) is 0 Å². The Morgan fingerprint density at radius 3 is 2.73 bits per heavy atom. The maximum atomic E-state index is 11.5. The number of rotatable bonds is 3. The lowest BCUT2D eigenvalue weighted by molar-refractivity contribution is -0.117. The third-order valence-electron chi connectivity index (χ3n) is 2.26. The monoisotopic (exact) mass is 207 g/mol. The summed E-state index contributed by atoms with van der Waals surface area (Å²) in [6, 6.07) is 3.25. The predicted octanol–water partition coefficient (Wildman–Crippen LogP) is 1.37. The van der Waals surface area contributed by atoms with Crippen molar-refractivity contribution in [2.75, 3.05) is 5.32 Å². The molecule has 0 aliphatic heterocycles.